The van der Waals surface area contributed by atoms with Crippen molar-refractivity contribution in [1.29, 1.82) is 0 Å². The fourth-order valence-corrected chi connectivity index (χ4v) is 2.24. The highest BCUT2D eigenvalue weighted by molar-refractivity contribution is 6.06. The number of nitrogens with one attached hydrogen (secondary N) is 2. The summed E-state index contributed by atoms with van der Waals surface area (Å²) in [7, 11) is 0. The Morgan fingerprint density at radius 2 is 1.92 bits per heavy atom. The van der Waals surface area contributed by atoms with E-state index in [0.717, 1.165) is 4.90 Å². The third kappa shape index (κ3) is 7.40. The molecule has 0 spiro atoms. The van der Waals surface area contributed by atoms with Gasteiger partial charge in [0, 0.05) is 6.54 Å². The Bertz CT molecular complexity index is 514. The molecule has 4 amide bonds. The van der Waals surface area contributed by atoms with Gasteiger partial charge < -0.3 is 20.1 Å². The van der Waals surface area contributed by atoms with Gasteiger partial charge >= 0.3 is 18.1 Å². The van der Waals surface area contributed by atoms with E-state index in [4.69, 9.17) is 9.47 Å². The highest BCUT2D eigenvalue weighted by Gasteiger charge is 2.38. The van der Waals surface area contributed by atoms with Gasteiger partial charge in [-0.05, 0) is 47.0 Å². The Balaban J connectivity index is 2.27. The molecule has 0 radical (unpaired) electrons. The van der Waals surface area contributed by atoms with E-state index in [2.05, 4.69) is 10.6 Å². The van der Waals surface area contributed by atoms with E-state index in [1.165, 1.54) is 0 Å². The first-order valence-electron chi connectivity index (χ1n) is 8.38. The Labute approximate surface area is 147 Å². The van der Waals surface area contributed by atoms with Gasteiger partial charge in [-0.25, -0.2) is 9.59 Å². The predicted octanol–water partition coefficient (Wildman–Crippen LogP) is 1.16. The van der Waals surface area contributed by atoms with E-state index in [1.807, 2.05) is 0 Å². The van der Waals surface area contributed by atoms with Gasteiger partial charge in [-0.1, -0.05) is 0 Å². The summed E-state index contributed by atoms with van der Waals surface area (Å²) < 4.78 is 9.85. The molecular weight excluding hydrogens is 330 g/mol. The van der Waals surface area contributed by atoms with Gasteiger partial charge in [-0.15, -0.1) is 0 Å². The number of hydrogen-bond acceptors (Lipinski definition) is 6. The monoisotopic (exact) mass is 357 g/mol. The van der Waals surface area contributed by atoms with Gasteiger partial charge in [-0.3, -0.25) is 14.5 Å². The van der Waals surface area contributed by atoms with Crippen LogP contribution in [0, 0.1) is 0 Å². The van der Waals surface area contributed by atoms with Gasteiger partial charge in [0.05, 0.1) is 6.61 Å². The molecule has 1 unspecified atom stereocenters. The van der Waals surface area contributed by atoms with Crippen molar-refractivity contribution in [3.63, 3.8) is 0 Å². The van der Waals surface area contributed by atoms with Crippen LogP contribution in [0.2, 0.25) is 0 Å². The lowest BCUT2D eigenvalue weighted by Crippen LogP contribution is -2.37. The van der Waals surface area contributed by atoms with Crippen LogP contribution in [-0.2, 0) is 19.1 Å². The van der Waals surface area contributed by atoms with Gasteiger partial charge in [0.1, 0.15) is 18.2 Å². The minimum atomic E-state index is -0.650. The van der Waals surface area contributed by atoms with E-state index in [-0.39, 0.29) is 13.2 Å². The largest absolute Gasteiger partial charge is 0.465 e. The Morgan fingerprint density at radius 1 is 1.24 bits per heavy atom. The van der Waals surface area contributed by atoms with E-state index in [9.17, 15) is 19.2 Å². The molecule has 9 heteroatoms. The number of hydrogen-bond donors (Lipinski definition) is 2. The normalized spacial score (nSPS) is 17.3. The van der Waals surface area contributed by atoms with Crippen LogP contribution in [0.15, 0.2) is 0 Å². The van der Waals surface area contributed by atoms with E-state index < -0.39 is 35.6 Å². The van der Waals surface area contributed by atoms with E-state index in [1.54, 1.807) is 27.7 Å². The maximum atomic E-state index is 12.1. The maximum absolute atomic E-state index is 12.1. The van der Waals surface area contributed by atoms with Crippen molar-refractivity contribution in [2.45, 2.75) is 58.6 Å². The minimum absolute atomic E-state index is 0.191. The summed E-state index contributed by atoms with van der Waals surface area (Å²) >= 11 is 0. The average Bonchev–Trinajstić information content (AvgIpc) is 2.73. The SMILES string of the molecule is CCOC(=O)CN1C(=O)NC(CCCCNC(=O)OC(C)(C)C)C1=O. The number of nitrogens with zero attached hydrogens (tertiary/aromatic N) is 1. The lowest BCUT2D eigenvalue weighted by atomic mass is 10.1. The lowest BCUT2D eigenvalue weighted by Gasteiger charge is -2.19. The quantitative estimate of drug-likeness (QED) is 0.383. The minimum Gasteiger partial charge on any atom is -0.465 e. The van der Waals surface area contributed by atoms with Crippen LogP contribution in [0.3, 0.4) is 0 Å². The molecule has 0 saturated carbocycles. The molecule has 1 saturated heterocycles. The molecule has 2 N–H and O–H groups in total. The predicted molar refractivity (Wildman–Crippen MR) is 88.8 cm³/mol. The molecular formula is C16H27N3O6. The second-order valence-corrected chi connectivity index (χ2v) is 6.66. The van der Waals surface area contributed by atoms with Gasteiger partial charge in [-0.2, -0.15) is 0 Å². The zero-order valence-electron chi connectivity index (χ0n) is 15.2. The molecule has 1 rings (SSSR count). The molecule has 1 fully saturated rings. The number of rotatable bonds is 8. The zero-order chi connectivity index (χ0) is 19.0. The third-order valence-electron chi connectivity index (χ3n) is 3.29. The van der Waals surface area contributed by atoms with Crippen molar-refractivity contribution in [2.24, 2.45) is 0 Å². The fourth-order valence-electron chi connectivity index (χ4n) is 2.24. The maximum Gasteiger partial charge on any atom is 0.407 e. The van der Waals surface area contributed by atoms with Crippen LogP contribution in [0.4, 0.5) is 9.59 Å². The fraction of sp³-hybridized carbons (Fsp3) is 0.750. The summed E-state index contributed by atoms with van der Waals surface area (Å²) in [5.74, 6) is -1.05. The Morgan fingerprint density at radius 3 is 2.52 bits per heavy atom. The van der Waals surface area contributed by atoms with Crippen LogP contribution >= 0.6 is 0 Å². The second-order valence-electron chi connectivity index (χ2n) is 6.66. The van der Waals surface area contributed by atoms with Crippen LogP contribution in [-0.4, -0.2) is 60.2 Å². The summed E-state index contributed by atoms with van der Waals surface area (Å²) in [6, 6.07) is -1.24. The molecule has 0 aromatic carbocycles. The number of esters is 1. The molecule has 0 bridgehead atoms. The zero-order valence-corrected chi connectivity index (χ0v) is 15.2. The van der Waals surface area contributed by atoms with Crippen molar-refractivity contribution in [1.82, 2.24) is 15.5 Å². The summed E-state index contributed by atoms with van der Waals surface area (Å²) in [6.45, 7) is 7.22. The third-order valence-corrected chi connectivity index (χ3v) is 3.29. The van der Waals surface area contributed by atoms with Crippen LogP contribution in [0.5, 0.6) is 0 Å². The Hall–Kier alpha value is -2.32. The molecule has 142 valence electrons. The first kappa shape index (κ1) is 20.7. The molecule has 0 aromatic rings. The van der Waals surface area contributed by atoms with Crippen molar-refractivity contribution in [3.05, 3.63) is 0 Å². The molecule has 1 heterocycles. The van der Waals surface area contributed by atoms with Crippen molar-refractivity contribution < 1.29 is 28.7 Å². The lowest BCUT2D eigenvalue weighted by molar-refractivity contribution is -0.146. The number of carbonyl (C=O) groups excluding carboxylic acids is 4. The van der Waals surface area contributed by atoms with Crippen LogP contribution in [0.1, 0.15) is 47.0 Å². The van der Waals surface area contributed by atoms with Gasteiger partial charge in [0.25, 0.3) is 5.91 Å². The summed E-state index contributed by atoms with van der Waals surface area (Å²) in [5, 5.41) is 5.18. The molecule has 1 atom stereocenters. The average molecular weight is 357 g/mol. The Kier molecular flexibility index (Phi) is 7.66. The summed E-state index contributed by atoms with van der Waals surface area (Å²) in [4.78, 5) is 47.6. The molecule has 0 aromatic heterocycles. The van der Waals surface area contributed by atoms with Crippen molar-refractivity contribution in [3.8, 4) is 0 Å². The van der Waals surface area contributed by atoms with E-state index >= 15 is 0 Å². The van der Waals surface area contributed by atoms with Crippen molar-refractivity contribution in [2.75, 3.05) is 19.7 Å². The number of carbonyl (C=O) groups is 4. The topological polar surface area (TPSA) is 114 Å². The molecule has 9 nitrogen and oxygen atoms in total. The number of ether oxygens (including phenoxy) is 2. The molecule has 0 aliphatic carbocycles. The highest BCUT2D eigenvalue weighted by Crippen LogP contribution is 2.12. The summed E-state index contributed by atoms with van der Waals surface area (Å²) in [5.41, 5.74) is -0.549. The number of alkyl carbamates (subject to hydrolysis) is 1. The molecule has 1 aliphatic heterocycles. The van der Waals surface area contributed by atoms with Crippen molar-refractivity contribution >= 4 is 24.0 Å². The van der Waals surface area contributed by atoms with Crippen LogP contribution < -0.4 is 10.6 Å². The van der Waals surface area contributed by atoms with Crippen LogP contribution in [0.25, 0.3) is 0 Å². The first-order valence-corrected chi connectivity index (χ1v) is 8.38. The summed E-state index contributed by atoms with van der Waals surface area (Å²) in [6.07, 6.45) is 1.20. The number of unbranched alkanes of at least 4 members (excludes halogenated alkanes) is 1. The number of urea groups is 1. The molecule has 25 heavy (non-hydrogen) atoms. The second kappa shape index (κ2) is 9.24. The molecule has 1 aliphatic rings. The van der Waals surface area contributed by atoms with Gasteiger partial charge in [0.15, 0.2) is 0 Å². The van der Waals surface area contributed by atoms with E-state index in [0.29, 0.717) is 25.8 Å². The number of amides is 4. The number of imide groups is 1. The van der Waals surface area contributed by atoms with Gasteiger partial charge in [0.2, 0.25) is 0 Å². The standard InChI is InChI=1S/C16H27N3O6/c1-5-24-12(20)10-19-13(21)11(18-14(19)22)8-6-7-9-17-15(23)25-16(2,3)4/h11H,5-10H2,1-4H3,(H,17,23)(H,18,22). The smallest absolute Gasteiger partial charge is 0.407 e. The highest BCUT2D eigenvalue weighted by atomic mass is 16.6. The first-order chi connectivity index (χ1) is 11.6.